The minimum atomic E-state index is -0.406. The fourth-order valence-corrected chi connectivity index (χ4v) is 3.63. The highest BCUT2D eigenvalue weighted by atomic mass is 16.1. The lowest BCUT2D eigenvalue weighted by atomic mass is 10.0. The predicted octanol–water partition coefficient (Wildman–Crippen LogP) is 4.22. The van der Waals surface area contributed by atoms with Crippen molar-refractivity contribution in [1.82, 2.24) is 24.8 Å². The molecular weight excluding hydrogens is 414 g/mol. The lowest BCUT2D eigenvalue weighted by Crippen LogP contribution is -2.11. The minimum Gasteiger partial charge on any atom is -0.287 e. The summed E-state index contributed by atoms with van der Waals surface area (Å²) < 4.78 is 3.15. The van der Waals surface area contributed by atoms with Gasteiger partial charge in [0.1, 0.15) is 5.69 Å². The van der Waals surface area contributed by atoms with Crippen LogP contribution in [0.25, 0.3) is 11.4 Å². The van der Waals surface area contributed by atoms with E-state index in [4.69, 9.17) is 0 Å². The molecule has 2 heterocycles. The van der Waals surface area contributed by atoms with Gasteiger partial charge in [-0.1, -0.05) is 71.9 Å². The Kier molecular flexibility index (Phi) is 5.20. The molecule has 0 atom stereocenters. The molecule has 160 valence electrons. The zero-order valence-electron chi connectivity index (χ0n) is 17.8. The zero-order valence-corrected chi connectivity index (χ0v) is 17.8. The van der Waals surface area contributed by atoms with Gasteiger partial charge in [0.05, 0.1) is 22.6 Å². The zero-order chi connectivity index (χ0) is 22.8. The molecule has 0 aliphatic carbocycles. The molecule has 7 heteroatoms. The number of para-hydroxylation sites is 2. The van der Waals surface area contributed by atoms with E-state index >= 15 is 0 Å². The maximum Gasteiger partial charge on any atom is 0.219 e. The second kappa shape index (κ2) is 8.47. The van der Waals surface area contributed by atoms with Crippen LogP contribution in [0.4, 0.5) is 0 Å². The Labute approximate surface area is 189 Å². The average molecular weight is 433 g/mol. The Hall–Kier alpha value is -4.65. The molecule has 0 aliphatic heterocycles. The smallest absolute Gasteiger partial charge is 0.219 e. The molecule has 0 saturated heterocycles. The summed E-state index contributed by atoms with van der Waals surface area (Å²) in [4.78, 5) is 26.9. The molecule has 2 aromatic heterocycles. The number of carbonyl (C=O) groups excluding carboxylic acids is 2. The van der Waals surface area contributed by atoms with Crippen LogP contribution in [-0.4, -0.2) is 36.3 Å². The van der Waals surface area contributed by atoms with E-state index in [2.05, 4.69) is 15.4 Å². The van der Waals surface area contributed by atoms with Gasteiger partial charge in [0, 0.05) is 11.8 Å². The molecule has 3 aromatic carbocycles. The van der Waals surface area contributed by atoms with Gasteiger partial charge in [0.2, 0.25) is 11.6 Å². The number of hydrogen-bond donors (Lipinski definition) is 0. The van der Waals surface area contributed by atoms with Gasteiger partial charge in [0.15, 0.2) is 5.69 Å². The first-order valence-electron chi connectivity index (χ1n) is 10.4. The molecular formula is C26H19N5O2. The maximum absolute atomic E-state index is 13.6. The van der Waals surface area contributed by atoms with E-state index < -0.39 is 5.78 Å². The van der Waals surface area contributed by atoms with Crippen LogP contribution in [0.5, 0.6) is 0 Å². The Morgan fingerprint density at radius 3 is 1.91 bits per heavy atom. The van der Waals surface area contributed by atoms with Crippen molar-refractivity contribution in [2.45, 2.75) is 6.92 Å². The number of aromatic nitrogens is 5. The lowest BCUT2D eigenvalue weighted by molar-refractivity contribution is 0.0998. The van der Waals surface area contributed by atoms with Crippen molar-refractivity contribution in [2.75, 3.05) is 0 Å². The number of benzene rings is 3. The normalized spacial score (nSPS) is 10.8. The van der Waals surface area contributed by atoms with E-state index in [1.165, 1.54) is 0 Å². The molecule has 7 nitrogen and oxygen atoms in total. The number of rotatable bonds is 6. The number of hydrogen-bond acceptors (Lipinski definition) is 5. The highest BCUT2D eigenvalue weighted by Crippen LogP contribution is 2.21. The topological polar surface area (TPSA) is 82.7 Å². The Balaban J connectivity index is 1.61. The third-order valence-electron chi connectivity index (χ3n) is 5.34. The van der Waals surface area contributed by atoms with E-state index in [0.29, 0.717) is 11.3 Å². The first-order valence-corrected chi connectivity index (χ1v) is 10.4. The molecule has 5 rings (SSSR count). The van der Waals surface area contributed by atoms with Crippen molar-refractivity contribution in [3.8, 4) is 11.4 Å². The van der Waals surface area contributed by atoms with Gasteiger partial charge in [-0.15, -0.1) is 5.10 Å². The molecule has 0 N–H and O–H groups in total. The molecule has 0 bridgehead atoms. The van der Waals surface area contributed by atoms with Crippen molar-refractivity contribution in [1.29, 1.82) is 0 Å². The molecule has 5 aromatic rings. The Morgan fingerprint density at radius 2 is 1.27 bits per heavy atom. The number of carbonyl (C=O) groups is 2. The number of nitrogens with zero attached hydrogens (tertiary/aromatic N) is 5. The highest BCUT2D eigenvalue weighted by molar-refractivity contribution is 6.18. The fourth-order valence-electron chi connectivity index (χ4n) is 3.63. The van der Waals surface area contributed by atoms with Gasteiger partial charge in [0.25, 0.3) is 0 Å². The predicted molar refractivity (Wildman–Crippen MR) is 123 cm³/mol. The molecule has 33 heavy (non-hydrogen) atoms. The van der Waals surface area contributed by atoms with E-state index in [0.717, 1.165) is 11.4 Å². The summed E-state index contributed by atoms with van der Waals surface area (Å²) in [7, 11) is 0. The summed E-state index contributed by atoms with van der Waals surface area (Å²) in [5.74, 6) is -0.738. The Bertz CT molecular complexity index is 1440. The molecule has 0 saturated carbocycles. The third kappa shape index (κ3) is 3.76. The molecule has 0 unspecified atom stereocenters. The van der Waals surface area contributed by atoms with E-state index in [1.54, 1.807) is 46.7 Å². The highest BCUT2D eigenvalue weighted by Gasteiger charge is 2.28. The van der Waals surface area contributed by atoms with Crippen LogP contribution in [0.2, 0.25) is 0 Å². The monoisotopic (exact) mass is 433 g/mol. The summed E-state index contributed by atoms with van der Waals surface area (Å²) in [5, 5.41) is 12.8. The van der Waals surface area contributed by atoms with Gasteiger partial charge in [-0.05, 0) is 31.2 Å². The van der Waals surface area contributed by atoms with Crippen LogP contribution in [-0.2, 0) is 0 Å². The van der Waals surface area contributed by atoms with E-state index in [1.807, 2.05) is 66.7 Å². The third-order valence-corrected chi connectivity index (χ3v) is 5.34. The van der Waals surface area contributed by atoms with Crippen molar-refractivity contribution in [3.63, 3.8) is 0 Å². The maximum atomic E-state index is 13.6. The SMILES string of the molecule is Cc1c(C(=O)c2cn(-c3ccccc3)nc2C(=O)c2ccccc2)nnn1-c1ccccc1. The summed E-state index contributed by atoms with van der Waals surface area (Å²) in [6.45, 7) is 1.78. The van der Waals surface area contributed by atoms with Crippen molar-refractivity contribution < 1.29 is 9.59 Å². The van der Waals surface area contributed by atoms with Crippen LogP contribution < -0.4 is 0 Å². The summed E-state index contributed by atoms with van der Waals surface area (Å²) in [6, 6.07) is 27.6. The molecule has 0 aliphatic rings. The van der Waals surface area contributed by atoms with Crippen molar-refractivity contribution >= 4 is 11.6 Å². The second-order valence-electron chi connectivity index (χ2n) is 7.47. The molecule has 0 fully saturated rings. The van der Waals surface area contributed by atoms with Crippen molar-refractivity contribution in [2.24, 2.45) is 0 Å². The van der Waals surface area contributed by atoms with Crippen LogP contribution >= 0.6 is 0 Å². The summed E-state index contributed by atoms with van der Waals surface area (Å²) >= 11 is 0. The Morgan fingerprint density at radius 1 is 0.697 bits per heavy atom. The second-order valence-corrected chi connectivity index (χ2v) is 7.47. The van der Waals surface area contributed by atoms with Crippen LogP contribution in [0, 0.1) is 6.92 Å². The quantitative estimate of drug-likeness (QED) is 0.375. The fraction of sp³-hybridized carbons (Fsp3) is 0.0385. The summed E-state index contributed by atoms with van der Waals surface area (Å²) in [5.41, 5.74) is 2.99. The van der Waals surface area contributed by atoms with Crippen LogP contribution in [0.1, 0.15) is 37.8 Å². The van der Waals surface area contributed by atoms with Gasteiger partial charge in [-0.3, -0.25) is 9.59 Å². The van der Waals surface area contributed by atoms with Crippen LogP contribution in [0.15, 0.2) is 97.2 Å². The van der Waals surface area contributed by atoms with E-state index in [-0.39, 0.29) is 22.7 Å². The minimum absolute atomic E-state index is 0.0729. The van der Waals surface area contributed by atoms with E-state index in [9.17, 15) is 9.59 Å². The van der Waals surface area contributed by atoms with Crippen LogP contribution in [0.3, 0.4) is 0 Å². The molecule has 0 spiro atoms. The first-order chi connectivity index (χ1) is 16.1. The van der Waals surface area contributed by atoms with Gasteiger partial charge in [-0.25, -0.2) is 9.36 Å². The standard InChI is InChI=1S/C26H19N5O2/c1-18-23(27-29-31(18)21-15-9-4-10-16-21)26(33)22-17-30(20-13-7-3-8-14-20)28-24(22)25(32)19-11-5-2-6-12-19/h2-17H,1H3. The first kappa shape index (κ1) is 20.3. The average Bonchev–Trinajstić information content (AvgIpc) is 3.49. The lowest BCUT2D eigenvalue weighted by Gasteiger charge is -2.03. The summed E-state index contributed by atoms with van der Waals surface area (Å²) in [6.07, 6.45) is 1.58. The van der Waals surface area contributed by atoms with Crippen molar-refractivity contribution in [3.05, 3.63) is 125 Å². The van der Waals surface area contributed by atoms with Gasteiger partial charge < -0.3 is 0 Å². The molecule has 0 radical (unpaired) electrons. The molecule has 0 amide bonds. The van der Waals surface area contributed by atoms with Gasteiger partial charge >= 0.3 is 0 Å². The van der Waals surface area contributed by atoms with Gasteiger partial charge in [-0.2, -0.15) is 5.10 Å². The largest absolute Gasteiger partial charge is 0.287 e. The number of ketones is 2.